The third-order valence-electron chi connectivity index (χ3n) is 4.90. The summed E-state index contributed by atoms with van der Waals surface area (Å²) in [6.45, 7) is 5.52. The summed E-state index contributed by atoms with van der Waals surface area (Å²) in [5.74, 6) is 0.0844. The van der Waals surface area contributed by atoms with Crippen molar-refractivity contribution in [3.05, 3.63) is 35.9 Å². The number of amides is 2. The van der Waals surface area contributed by atoms with Crippen molar-refractivity contribution in [3.63, 3.8) is 0 Å². The average Bonchev–Trinajstić information content (AvgIpc) is 2.96. The summed E-state index contributed by atoms with van der Waals surface area (Å²) in [4.78, 5) is 26.6. The number of carbonyl (C=O) groups is 2. The number of likely N-dealkylation sites (tertiary alicyclic amines) is 1. The van der Waals surface area contributed by atoms with Crippen molar-refractivity contribution in [1.82, 2.24) is 19.7 Å². The van der Waals surface area contributed by atoms with Gasteiger partial charge < -0.3 is 14.8 Å². The Morgan fingerprint density at radius 2 is 2.07 bits per heavy atom. The molecule has 3 rings (SSSR count). The van der Waals surface area contributed by atoms with Crippen molar-refractivity contribution >= 4 is 29.3 Å². The fraction of sp³-hybridized carbons (Fsp3) is 0.500. The summed E-state index contributed by atoms with van der Waals surface area (Å²) in [5.41, 5.74) is 0.155. The molecule has 1 N–H and O–H groups in total. The van der Waals surface area contributed by atoms with Crippen LogP contribution in [0.3, 0.4) is 0 Å². The molecule has 0 saturated carbocycles. The van der Waals surface area contributed by atoms with Crippen LogP contribution in [0.15, 0.2) is 29.4 Å². The van der Waals surface area contributed by atoms with Crippen LogP contribution >= 0.6 is 11.8 Å². The number of nitrogens with zero attached hydrogens (tertiary/aromatic N) is 4. The van der Waals surface area contributed by atoms with Crippen LogP contribution in [-0.4, -0.2) is 43.3 Å². The number of hydrogen-bond acceptors (Lipinski definition) is 5. The van der Waals surface area contributed by atoms with Gasteiger partial charge in [-0.2, -0.15) is 0 Å². The fourth-order valence-electron chi connectivity index (χ4n) is 3.23. The SMILES string of the molecule is CCn1c(CN2CCCCCC2=O)nnc1SC(C)C(=O)Nc1ccccc1F. The Morgan fingerprint density at radius 3 is 2.83 bits per heavy atom. The third kappa shape index (κ3) is 5.35. The molecule has 2 amide bonds. The van der Waals surface area contributed by atoms with E-state index in [1.165, 1.54) is 23.9 Å². The number of thioether (sulfide) groups is 1. The number of halogens is 1. The van der Waals surface area contributed by atoms with Crippen molar-refractivity contribution in [3.8, 4) is 0 Å². The van der Waals surface area contributed by atoms with Gasteiger partial charge in [-0.05, 0) is 38.8 Å². The minimum atomic E-state index is -0.489. The Morgan fingerprint density at radius 1 is 1.28 bits per heavy atom. The molecule has 2 aromatic rings. The van der Waals surface area contributed by atoms with Crippen LogP contribution in [0.5, 0.6) is 0 Å². The Bertz CT molecular complexity index is 872. The Balaban J connectivity index is 1.67. The van der Waals surface area contributed by atoms with Gasteiger partial charge in [0.2, 0.25) is 11.8 Å². The van der Waals surface area contributed by atoms with Crippen LogP contribution in [-0.2, 0) is 22.7 Å². The van der Waals surface area contributed by atoms with Crippen molar-refractivity contribution in [2.24, 2.45) is 0 Å². The molecule has 7 nitrogen and oxygen atoms in total. The molecule has 9 heteroatoms. The van der Waals surface area contributed by atoms with Gasteiger partial charge in [-0.3, -0.25) is 9.59 Å². The summed E-state index contributed by atoms with van der Waals surface area (Å²) in [6, 6.07) is 6.07. The Kier molecular flexibility index (Phi) is 7.24. The average molecular weight is 420 g/mol. The monoisotopic (exact) mass is 419 g/mol. The first kappa shape index (κ1) is 21.3. The number of carbonyl (C=O) groups excluding carboxylic acids is 2. The molecule has 1 aromatic heterocycles. The second-order valence-corrected chi connectivity index (χ2v) is 8.31. The molecule has 1 atom stereocenters. The molecule has 156 valence electrons. The molecule has 29 heavy (non-hydrogen) atoms. The second kappa shape index (κ2) is 9.87. The van der Waals surface area contributed by atoms with Crippen LogP contribution < -0.4 is 5.32 Å². The quantitative estimate of drug-likeness (QED) is 0.695. The number of anilines is 1. The highest BCUT2D eigenvalue weighted by Crippen LogP contribution is 2.25. The minimum absolute atomic E-state index is 0.153. The molecular weight excluding hydrogens is 393 g/mol. The summed E-state index contributed by atoms with van der Waals surface area (Å²) in [6.07, 6.45) is 3.58. The van der Waals surface area contributed by atoms with Gasteiger partial charge in [0.15, 0.2) is 11.0 Å². The molecule has 1 fully saturated rings. The van der Waals surface area contributed by atoms with Crippen molar-refractivity contribution in [2.45, 2.75) is 63.0 Å². The normalized spacial score (nSPS) is 15.8. The lowest BCUT2D eigenvalue weighted by molar-refractivity contribution is -0.131. The molecule has 1 unspecified atom stereocenters. The maximum atomic E-state index is 13.8. The van der Waals surface area contributed by atoms with Crippen LogP contribution in [0.25, 0.3) is 0 Å². The maximum Gasteiger partial charge on any atom is 0.237 e. The lowest BCUT2D eigenvalue weighted by Crippen LogP contribution is -2.31. The summed E-state index contributed by atoms with van der Waals surface area (Å²) in [7, 11) is 0. The van der Waals surface area contributed by atoms with E-state index in [4.69, 9.17) is 0 Å². The number of rotatable bonds is 7. The van der Waals surface area contributed by atoms with Crippen molar-refractivity contribution in [1.29, 1.82) is 0 Å². The van der Waals surface area contributed by atoms with Gasteiger partial charge in [-0.1, -0.05) is 30.3 Å². The lowest BCUT2D eigenvalue weighted by atomic mass is 10.2. The number of nitrogens with one attached hydrogen (secondary N) is 1. The predicted octanol–water partition coefficient (Wildman–Crippen LogP) is 3.46. The van der Waals surface area contributed by atoms with Crippen LogP contribution in [0.1, 0.15) is 45.4 Å². The number of hydrogen-bond donors (Lipinski definition) is 1. The molecule has 0 spiro atoms. The summed E-state index contributed by atoms with van der Waals surface area (Å²) < 4.78 is 15.7. The van der Waals surface area contributed by atoms with Gasteiger partial charge in [-0.25, -0.2) is 4.39 Å². The third-order valence-corrected chi connectivity index (χ3v) is 5.98. The van der Waals surface area contributed by atoms with E-state index in [9.17, 15) is 14.0 Å². The van der Waals surface area contributed by atoms with Crippen molar-refractivity contribution < 1.29 is 14.0 Å². The first-order chi connectivity index (χ1) is 14.0. The largest absolute Gasteiger partial charge is 0.335 e. The molecule has 1 aliphatic heterocycles. The summed E-state index contributed by atoms with van der Waals surface area (Å²) >= 11 is 1.27. The molecular formula is C20H26FN5O2S. The standard InChI is InChI=1S/C20H26FN5O2S/c1-3-26-17(13-25-12-8-4-5-11-18(25)27)23-24-20(26)29-14(2)19(28)22-16-10-7-6-9-15(16)21/h6-7,9-10,14H,3-5,8,11-13H2,1-2H3,(H,22,28). The van der Waals surface area contributed by atoms with E-state index in [1.54, 1.807) is 19.1 Å². The van der Waals surface area contributed by atoms with Gasteiger partial charge in [0.05, 0.1) is 17.5 Å². The second-order valence-electron chi connectivity index (χ2n) is 7.00. The van der Waals surface area contributed by atoms with Crippen molar-refractivity contribution in [2.75, 3.05) is 11.9 Å². The zero-order valence-corrected chi connectivity index (χ0v) is 17.5. The minimum Gasteiger partial charge on any atom is -0.335 e. The van der Waals surface area contributed by atoms with E-state index in [0.717, 1.165) is 25.8 Å². The molecule has 2 heterocycles. The van der Waals surface area contributed by atoms with Gasteiger partial charge in [0.1, 0.15) is 5.82 Å². The van der Waals surface area contributed by atoms with E-state index < -0.39 is 11.1 Å². The van der Waals surface area contributed by atoms with Crippen LogP contribution in [0, 0.1) is 5.82 Å². The van der Waals surface area contributed by atoms with E-state index in [1.807, 2.05) is 16.4 Å². The zero-order chi connectivity index (χ0) is 20.8. The summed E-state index contributed by atoms with van der Waals surface area (Å²) in [5, 5.41) is 11.2. The van der Waals surface area contributed by atoms with E-state index >= 15 is 0 Å². The molecule has 1 aromatic carbocycles. The predicted molar refractivity (Wildman–Crippen MR) is 110 cm³/mol. The first-order valence-corrected chi connectivity index (χ1v) is 10.8. The Hall–Kier alpha value is -2.42. The highest BCUT2D eigenvalue weighted by atomic mass is 32.2. The zero-order valence-electron chi connectivity index (χ0n) is 16.7. The van der Waals surface area contributed by atoms with Crippen LogP contribution in [0.4, 0.5) is 10.1 Å². The highest BCUT2D eigenvalue weighted by molar-refractivity contribution is 8.00. The Labute approximate surface area is 174 Å². The topological polar surface area (TPSA) is 80.1 Å². The number of benzene rings is 1. The van der Waals surface area contributed by atoms with E-state index in [0.29, 0.717) is 30.5 Å². The van der Waals surface area contributed by atoms with Gasteiger partial charge in [0, 0.05) is 19.5 Å². The lowest BCUT2D eigenvalue weighted by Gasteiger charge is -2.20. The first-order valence-electron chi connectivity index (χ1n) is 9.91. The van der Waals surface area contributed by atoms with Crippen LogP contribution in [0.2, 0.25) is 0 Å². The van der Waals surface area contributed by atoms with Gasteiger partial charge in [0.25, 0.3) is 0 Å². The molecule has 0 aliphatic carbocycles. The molecule has 1 saturated heterocycles. The van der Waals surface area contributed by atoms with Gasteiger partial charge in [-0.15, -0.1) is 10.2 Å². The number of aromatic nitrogens is 3. The fourth-order valence-corrected chi connectivity index (χ4v) is 4.16. The van der Waals surface area contributed by atoms with E-state index in [2.05, 4.69) is 15.5 Å². The molecule has 0 bridgehead atoms. The van der Waals surface area contributed by atoms with Gasteiger partial charge >= 0.3 is 0 Å². The van der Waals surface area contributed by atoms with E-state index in [-0.39, 0.29) is 17.5 Å². The molecule has 0 radical (unpaired) electrons. The maximum absolute atomic E-state index is 13.8. The highest BCUT2D eigenvalue weighted by Gasteiger charge is 2.23. The number of para-hydroxylation sites is 1. The molecule has 1 aliphatic rings. The smallest absolute Gasteiger partial charge is 0.237 e.